The van der Waals surface area contributed by atoms with Crippen LogP contribution in [0, 0.1) is 0 Å². The minimum atomic E-state index is -1.12. The summed E-state index contributed by atoms with van der Waals surface area (Å²) in [6.45, 7) is 5.33. The zero-order valence-electron chi connectivity index (χ0n) is 5.64. The lowest BCUT2D eigenvalue weighted by Crippen LogP contribution is -1.95. The number of rotatable bonds is 4. The van der Waals surface area contributed by atoms with Crippen molar-refractivity contribution in [3.8, 4) is 0 Å². The number of hydrogen-bond donors (Lipinski definition) is 0. The third kappa shape index (κ3) is 3.76. The molecule has 0 saturated heterocycles. The van der Waals surface area contributed by atoms with Crippen molar-refractivity contribution in [1.82, 2.24) is 0 Å². The summed E-state index contributed by atoms with van der Waals surface area (Å²) in [6, 6.07) is 0. The first-order valence-corrected chi connectivity index (χ1v) is 3.07. The van der Waals surface area contributed by atoms with E-state index in [9.17, 15) is 9.90 Å². The highest BCUT2D eigenvalue weighted by Gasteiger charge is 2.03. The van der Waals surface area contributed by atoms with Crippen molar-refractivity contribution in [2.24, 2.45) is 0 Å². The lowest BCUT2D eigenvalue weighted by atomic mass is 10.1. The monoisotopic (exact) mass is 127 g/mol. The van der Waals surface area contributed by atoms with E-state index in [0.29, 0.717) is 6.42 Å². The Kier molecular flexibility index (Phi) is 3.76. The lowest BCUT2D eigenvalue weighted by molar-refractivity contribution is -0.138. The summed E-state index contributed by atoms with van der Waals surface area (Å²) < 4.78 is 0. The van der Waals surface area contributed by atoms with Crippen molar-refractivity contribution in [3.63, 3.8) is 0 Å². The second-order valence-electron chi connectivity index (χ2n) is 1.99. The molecule has 0 aliphatic carbocycles. The second kappa shape index (κ2) is 4.13. The van der Waals surface area contributed by atoms with Crippen molar-refractivity contribution in [1.29, 1.82) is 0 Å². The first-order chi connectivity index (χ1) is 4.18. The van der Waals surface area contributed by atoms with E-state index in [0.717, 1.165) is 12.8 Å². The fourth-order valence-electron chi connectivity index (χ4n) is 0.492. The van der Waals surface area contributed by atoms with E-state index < -0.39 is 5.97 Å². The maximum Gasteiger partial charge on any atom is 0.381 e. The van der Waals surface area contributed by atoms with Crippen LogP contribution in [0.25, 0.3) is 0 Å². The van der Waals surface area contributed by atoms with Crippen LogP contribution in [0.1, 0.15) is 26.2 Å². The Labute approximate surface area is 55.2 Å². The van der Waals surface area contributed by atoms with Gasteiger partial charge in [0.1, 0.15) is 0 Å². The molecule has 0 fully saturated rings. The number of carbonyl (C=O) groups is 1. The van der Waals surface area contributed by atoms with Crippen LogP contribution in [0.2, 0.25) is 0 Å². The first-order valence-electron chi connectivity index (χ1n) is 3.07. The van der Waals surface area contributed by atoms with Gasteiger partial charge < -0.3 is 0 Å². The molecule has 0 atom stereocenters. The van der Waals surface area contributed by atoms with Crippen LogP contribution in [0.15, 0.2) is 12.2 Å². The average molecular weight is 127 g/mol. The van der Waals surface area contributed by atoms with Crippen molar-refractivity contribution in [3.05, 3.63) is 12.2 Å². The topological polar surface area (TPSA) is 37.0 Å². The molecule has 9 heavy (non-hydrogen) atoms. The first kappa shape index (κ1) is 8.21. The molecule has 0 aliphatic heterocycles. The molecule has 0 bridgehead atoms. The molecule has 0 rings (SSSR count). The third-order valence-electron chi connectivity index (χ3n) is 1.12. The molecule has 0 aromatic carbocycles. The SMILES string of the molecule is C=C(CCCC)C([O])=O. The van der Waals surface area contributed by atoms with Gasteiger partial charge in [-0.3, -0.25) is 0 Å². The van der Waals surface area contributed by atoms with E-state index in [4.69, 9.17) is 0 Å². The summed E-state index contributed by atoms with van der Waals surface area (Å²) in [5, 5.41) is 9.99. The predicted molar refractivity (Wildman–Crippen MR) is 34.4 cm³/mol. The third-order valence-corrected chi connectivity index (χ3v) is 1.12. The highest BCUT2D eigenvalue weighted by Crippen LogP contribution is 2.03. The fraction of sp³-hybridized carbons (Fsp3) is 0.571. The molecule has 0 aromatic rings. The molecule has 0 heterocycles. The molecule has 0 aromatic heterocycles. The maximum absolute atomic E-state index is 9.99. The van der Waals surface area contributed by atoms with Gasteiger partial charge in [0.2, 0.25) is 0 Å². The largest absolute Gasteiger partial charge is 0.381 e. The second-order valence-corrected chi connectivity index (χ2v) is 1.99. The van der Waals surface area contributed by atoms with Crippen LogP contribution >= 0.6 is 0 Å². The smallest absolute Gasteiger partial charge is 0.242 e. The van der Waals surface area contributed by atoms with Gasteiger partial charge >= 0.3 is 5.97 Å². The fourth-order valence-corrected chi connectivity index (χ4v) is 0.492. The summed E-state index contributed by atoms with van der Waals surface area (Å²) in [5.41, 5.74) is 0.205. The Bertz CT molecular complexity index is 116. The summed E-state index contributed by atoms with van der Waals surface area (Å²) in [6.07, 6.45) is 2.43. The van der Waals surface area contributed by atoms with Gasteiger partial charge in [0.05, 0.1) is 0 Å². The van der Waals surface area contributed by atoms with Crippen molar-refractivity contribution >= 4 is 5.97 Å². The Morgan fingerprint density at radius 2 is 2.11 bits per heavy atom. The van der Waals surface area contributed by atoms with Crippen molar-refractivity contribution < 1.29 is 9.90 Å². The molecule has 0 N–H and O–H groups in total. The summed E-state index contributed by atoms with van der Waals surface area (Å²) in [5.74, 6) is -1.12. The van der Waals surface area contributed by atoms with Crippen LogP contribution in [-0.2, 0) is 9.90 Å². The van der Waals surface area contributed by atoms with E-state index >= 15 is 0 Å². The molecule has 51 valence electrons. The van der Waals surface area contributed by atoms with Crippen LogP contribution in [0.3, 0.4) is 0 Å². The highest BCUT2D eigenvalue weighted by atomic mass is 16.4. The summed E-state index contributed by atoms with van der Waals surface area (Å²) >= 11 is 0. The lowest BCUT2D eigenvalue weighted by Gasteiger charge is -1.93. The van der Waals surface area contributed by atoms with E-state index in [1.165, 1.54) is 0 Å². The minimum absolute atomic E-state index is 0.205. The van der Waals surface area contributed by atoms with E-state index in [1.807, 2.05) is 6.92 Å². The van der Waals surface area contributed by atoms with Crippen LogP contribution in [0.5, 0.6) is 0 Å². The maximum atomic E-state index is 9.99. The van der Waals surface area contributed by atoms with Gasteiger partial charge in [0.15, 0.2) is 0 Å². The quantitative estimate of drug-likeness (QED) is 0.529. The molecule has 0 amide bonds. The molecule has 2 nitrogen and oxygen atoms in total. The minimum Gasteiger partial charge on any atom is -0.242 e. The van der Waals surface area contributed by atoms with Gasteiger partial charge in [0, 0.05) is 5.57 Å². The van der Waals surface area contributed by atoms with Gasteiger partial charge in [-0.2, -0.15) is 0 Å². The van der Waals surface area contributed by atoms with Gasteiger partial charge in [-0.25, -0.2) is 9.90 Å². The molecule has 2 heteroatoms. The molecular formula is C7H11O2. The number of unbranched alkanes of at least 4 members (excludes halogenated alkanes) is 1. The molecular weight excluding hydrogens is 116 g/mol. The van der Waals surface area contributed by atoms with Crippen molar-refractivity contribution in [2.75, 3.05) is 0 Å². The molecule has 0 spiro atoms. The van der Waals surface area contributed by atoms with Crippen LogP contribution < -0.4 is 0 Å². The molecule has 0 saturated carbocycles. The van der Waals surface area contributed by atoms with Gasteiger partial charge in [-0.15, -0.1) is 0 Å². The Hall–Kier alpha value is -0.790. The average Bonchev–Trinajstić information content (AvgIpc) is 1.82. The molecule has 0 unspecified atom stereocenters. The summed E-state index contributed by atoms with van der Waals surface area (Å²) in [7, 11) is 0. The van der Waals surface area contributed by atoms with E-state index in [-0.39, 0.29) is 5.57 Å². The Morgan fingerprint density at radius 3 is 2.44 bits per heavy atom. The standard InChI is InChI=1S/C7H11O2/c1-3-4-5-6(2)7(8)9/h2-5H2,1H3. The van der Waals surface area contributed by atoms with Crippen LogP contribution in [0.4, 0.5) is 0 Å². The van der Waals surface area contributed by atoms with Gasteiger partial charge in [-0.05, 0) is 12.8 Å². The van der Waals surface area contributed by atoms with E-state index in [2.05, 4.69) is 6.58 Å². The Balaban J connectivity index is 3.39. The Morgan fingerprint density at radius 1 is 1.56 bits per heavy atom. The zero-order chi connectivity index (χ0) is 7.28. The van der Waals surface area contributed by atoms with Gasteiger partial charge in [-0.1, -0.05) is 19.9 Å². The molecule has 1 radical (unpaired) electrons. The normalized spacial score (nSPS) is 9.00. The van der Waals surface area contributed by atoms with E-state index in [1.54, 1.807) is 0 Å². The summed E-state index contributed by atoms with van der Waals surface area (Å²) in [4.78, 5) is 9.99. The highest BCUT2D eigenvalue weighted by molar-refractivity contribution is 5.85. The van der Waals surface area contributed by atoms with Crippen LogP contribution in [-0.4, -0.2) is 5.97 Å². The van der Waals surface area contributed by atoms with Crippen molar-refractivity contribution in [2.45, 2.75) is 26.2 Å². The predicted octanol–water partition coefficient (Wildman–Crippen LogP) is 1.69. The molecule has 0 aliphatic rings. The van der Waals surface area contributed by atoms with Gasteiger partial charge in [0.25, 0.3) is 0 Å². The number of hydrogen-bond acceptors (Lipinski definition) is 1. The zero-order valence-corrected chi connectivity index (χ0v) is 5.64. The number of carbonyl (C=O) groups excluding carboxylic acids is 1.